The number of hydrogen-bond donors (Lipinski definition) is 0. The normalized spacial score (nSPS) is 13.7. The molecule has 2 aromatic rings. The van der Waals surface area contributed by atoms with Crippen molar-refractivity contribution in [1.82, 2.24) is 0 Å². The molecule has 24 heavy (non-hydrogen) atoms. The van der Waals surface area contributed by atoms with E-state index in [1.54, 1.807) is 0 Å². The predicted octanol–water partition coefficient (Wildman–Crippen LogP) is 5.19. The van der Waals surface area contributed by atoms with Crippen LogP contribution in [0.2, 0.25) is 5.04 Å². The first-order valence-electron chi connectivity index (χ1n) is 8.36. The minimum absolute atomic E-state index is 0.0606. The van der Waals surface area contributed by atoms with Gasteiger partial charge in [-0.05, 0) is 21.8 Å². The molecule has 1 atom stereocenters. The Balaban J connectivity index is 2.65. The molecule has 0 aliphatic rings. The highest BCUT2D eigenvalue weighted by Gasteiger charge is 2.51. The van der Waals surface area contributed by atoms with Crippen LogP contribution >= 0.6 is 45.2 Å². The van der Waals surface area contributed by atoms with Gasteiger partial charge in [-0.1, -0.05) is 127 Å². The molecule has 4 heteroatoms. The maximum absolute atomic E-state index is 7.09. The van der Waals surface area contributed by atoms with Crippen LogP contribution in [0.15, 0.2) is 60.7 Å². The van der Waals surface area contributed by atoms with Gasteiger partial charge < -0.3 is 4.43 Å². The molecule has 0 aliphatic heterocycles. The lowest BCUT2D eigenvalue weighted by Gasteiger charge is -2.45. The van der Waals surface area contributed by atoms with Crippen LogP contribution in [-0.2, 0) is 4.43 Å². The summed E-state index contributed by atoms with van der Waals surface area (Å²) in [4.78, 5) is 0. The van der Waals surface area contributed by atoms with Crippen LogP contribution in [0.25, 0.3) is 0 Å². The number of benzene rings is 2. The highest BCUT2D eigenvalue weighted by Crippen LogP contribution is 2.38. The summed E-state index contributed by atoms with van der Waals surface area (Å²) in [6.07, 6.45) is 1.40. The smallest absolute Gasteiger partial charge is 0.261 e. The second-order valence-electron chi connectivity index (χ2n) is 7.04. The molecule has 0 heterocycles. The van der Waals surface area contributed by atoms with Crippen molar-refractivity contribution < 1.29 is 4.43 Å². The molecule has 0 radical (unpaired) electrons. The molecule has 0 spiro atoms. The van der Waals surface area contributed by atoms with Crippen molar-refractivity contribution in [3.05, 3.63) is 60.7 Å². The van der Waals surface area contributed by atoms with Crippen molar-refractivity contribution in [2.45, 2.75) is 38.3 Å². The monoisotopic (exact) mass is 564 g/mol. The Hall–Kier alpha value is 0.0769. The topological polar surface area (TPSA) is 9.23 Å². The van der Waals surface area contributed by atoms with Gasteiger partial charge in [0.15, 0.2) is 0 Å². The fourth-order valence-corrected chi connectivity index (χ4v) is 9.60. The van der Waals surface area contributed by atoms with Crippen LogP contribution in [-0.4, -0.2) is 23.3 Å². The zero-order chi connectivity index (χ0) is 17.6. The van der Waals surface area contributed by atoms with E-state index >= 15 is 0 Å². The van der Waals surface area contributed by atoms with E-state index in [0.717, 1.165) is 15.3 Å². The zero-order valence-electron chi connectivity index (χ0n) is 14.6. The summed E-state index contributed by atoms with van der Waals surface area (Å²) in [7, 11) is -2.38. The SMILES string of the molecule is CC(C)(C)[Si](O[C@H](CI)CCI)(c1ccccc1)c1ccccc1. The van der Waals surface area contributed by atoms with E-state index in [1.807, 2.05) is 0 Å². The van der Waals surface area contributed by atoms with E-state index in [2.05, 4.69) is 127 Å². The summed E-state index contributed by atoms with van der Waals surface area (Å²) in [6, 6.07) is 21.8. The number of rotatable bonds is 7. The van der Waals surface area contributed by atoms with Gasteiger partial charge >= 0.3 is 0 Å². The number of hydrogen-bond acceptors (Lipinski definition) is 1. The highest BCUT2D eigenvalue weighted by atomic mass is 127. The molecule has 0 N–H and O–H groups in total. The molecule has 0 aromatic heterocycles. The second kappa shape index (κ2) is 9.14. The van der Waals surface area contributed by atoms with Gasteiger partial charge in [0.1, 0.15) is 0 Å². The molecule has 0 unspecified atom stereocenters. The largest absolute Gasteiger partial charge is 0.404 e. The molecule has 1 nitrogen and oxygen atoms in total. The lowest BCUT2D eigenvalue weighted by Crippen LogP contribution is -2.67. The van der Waals surface area contributed by atoms with E-state index in [-0.39, 0.29) is 5.04 Å². The van der Waals surface area contributed by atoms with Gasteiger partial charge in [0.2, 0.25) is 0 Å². The Morgan fingerprint density at radius 1 is 0.875 bits per heavy atom. The Morgan fingerprint density at radius 3 is 1.67 bits per heavy atom. The van der Waals surface area contributed by atoms with Gasteiger partial charge in [-0.15, -0.1) is 0 Å². The molecule has 0 saturated carbocycles. The first-order chi connectivity index (χ1) is 11.5. The van der Waals surface area contributed by atoms with Crippen molar-refractivity contribution in [3.63, 3.8) is 0 Å². The summed E-state index contributed by atoms with van der Waals surface area (Å²) in [6.45, 7) is 7.02. The summed E-state index contributed by atoms with van der Waals surface area (Å²) in [5, 5.41) is 2.80. The quantitative estimate of drug-likeness (QED) is 0.256. The maximum Gasteiger partial charge on any atom is 0.261 e. The Morgan fingerprint density at radius 2 is 1.33 bits per heavy atom. The van der Waals surface area contributed by atoms with Crippen molar-refractivity contribution in [2.75, 3.05) is 8.86 Å². The fourth-order valence-electron chi connectivity index (χ4n) is 3.23. The first-order valence-corrected chi connectivity index (χ1v) is 13.3. The summed E-state index contributed by atoms with van der Waals surface area (Å²) < 4.78 is 9.25. The Bertz CT molecular complexity index is 571. The van der Waals surface area contributed by atoms with Crippen molar-refractivity contribution >= 4 is 63.9 Å². The van der Waals surface area contributed by atoms with Crippen LogP contribution in [0.5, 0.6) is 0 Å². The van der Waals surface area contributed by atoms with Gasteiger partial charge in [-0.2, -0.15) is 0 Å². The van der Waals surface area contributed by atoms with Gasteiger partial charge in [-0.25, -0.2) is 0 Å². The lowest BCUT2D eigenvalue weighted by molar-refractivity contribution is 0.211. The molecule has 0 amide bonds. The van der Waals surface area contributed by atoms with Gasteiger partial charge in [0, 0.05) is 8.86 Å². The van der Waals surface area contributed by atoms with Crippen LogP contribution in [0.4, 0.5) is 0 Å². The third-order valence-electron chi connectivity index (χ3n) is 4.36. The minimum atomic E-state index is -2.38. The van der Waals surface area contributed by atoms with Crippen LogP contribution < -0.4 is 10.4 Å². The highest BCUT2D eigenvalue weighted by molar-refractivity contribution is 14.1. The van der Waals surface area contributed by atoms with E-state index < -0.39 is 8.32 Å². The average Bonchev–Trinajstić information content (AvgIpc) is 2.59. The predicted molar refractivity (Wildman–Crippen MR) is 125 cm³/mol. The molecule has 2 aromatic carbocycles. The van der Waals surface area contributed by atoms with Gasteiger partial charge in [0.05, 0.1) is 6.10 Å². The van der Waals surface area contributed by atoms with Gasteiger partial charge in [-0.3, -0.25) is 0 Å². The Kier molecular flexibility index (Phi) is 7.77. The summed E-state index contributed by atoms with van der Waals surface area (Å²) in [5.41, 5.74) is 0. The van der Waals surface area contributed by atoms with Crippen molar-refractivity contribution in [3.8, 4) is 0 Å². The lowest BCUT2D eigenvalue weighted by atomic mass is 10.2. The van der Waals surface area contributed by atoms with Crippen LogP contribution in [0, 0.1) is 0 Å². The summed E-state index contributed by atoms with van der Waals surface area (Å²) in [5.74, 6) is 0. The molecule has 0 saturated heterocycles. The molecule has 0 aliphatic carbocycles. The van der Waals surface area contributed by atoms with Crippen molar-refractivity contribution in [1.29, 1.82) is 0 Å². The zero-order valence-corrected chi connectivity index (χ0v) is 20.0. The molecular weight excluding hydrogens is 538 g/mol. The van der Waals surface area contributed by atoms with Gasteiger partial charge in [0.25, 0.3) is 8.32 Å². The molecule has 2 rings (SSSR count). The van der Waals surface area contributed by atoms with E-state index in [1.165, 1.54) is 10.4 Å². The second-order valence-corrected chi connectivity index (χ2v) is 13.2. The first kappa shape index (κ1) is 20.4. The summed E-state index contributed by atoms with van der Waals surface area (Å²) >= 11 is 4.93. The maximum atomic E-state index is 7.09. The molecule has 130 valence electrons. The minimum Gasteiger partial charge on any atom is -0.404 e. The molecule has 0 bridgehead atoms. The standard InChI is InChI=1S/C20H26I2OSi/c1-20(2,3)24(18-10-6-4-7-11-18,19-12-8-5-9-13-19)23-17(16-22)14-15-21/h4-13,17H,14-16H2,1-3H3/t17-/m0/s1. The van der Waals surface area contributed by atoms with Crippen molar-refractivity contribution in [2.24, 2.45) is 0 Å². The van der Waals surface area contributed by atoms with E-state index in [9.17, 15) is 0 Å². The average molecular weight is 564 g/mol. The fraction of sp³-hybridized carbons (Fsp3) is 0.400. The van der Waals surface area contributed by atoms with E-state index in [0.29, 0.717) is 6.10 Å². The third kappa shape index (κ3) is 4.43. The number of alkyl halides is 2. The number of halogens is 2. The van der Waals surface area contributed by atoms with Crippen LogP contribution in [0.1, 0.15) is 27.2 Å². The van der Waals surface area contributed by atoms with Crippen LogP contribution in [0.3, 0.4) is 0 Å². The molecular formula is C20H26I2OSi. The third-order valence-corrected chi connectivity index (χ3v) is 11.1. The Labute approximate surface area is 175 Å². The van der Waals surface area contributed by atoms with E-state index in [4.69, 9.17) is 4.43 Å². The molecule has 0 fully saturated rings.